The highest BCUT2D eigenvalue weighted by atomic mass is 32.1. The summed E-state index contributed by atoms with van der Waals surface area (Å²) in [6, 6.07) is 16.0. The van der Waals surface area contributed by atoms with Gasteiger partial charge in [-0.15, -0.1) is 0 Å². The van der Waals surface area contributed by atoms with Gasteiger partial charge in [0.2, 0.25) is 5.78 Å². The lowest BCUT2D eigenvalue weighted by Crippen LogP contribution is -2.44. The summed E-state index contributed by atoms with van der Waals surface area (Å²) in [6.07, 6.45) is 0. The normalized spacial score (nSPS) is 14.3. The zero-order valence-corrected chi connectivity index (χ0v) is 20.4. The van der Waals surface area contributed by atoms with E-state index in [1.54, 1.807) is 0 Å². The van der Waals surface area contributed by atoms with Gasteiger partial charge in [-0.05, 0) is 69.4 Å². The van der Waals surface area contributed by atoms with Crippen molar-refractivity contribution >= 4 is 45.1 Å². The predicted octanol–water partition coefficient (Wildman–Crippen LogP) is 4.30. The average molecular weight is 465 g/mol. The molecule has 0 saturated carbocycles. The second kappa shape index (κ2) is 10.2. The molecule has 33 heavy (non-hydrogen) atoms. The molecule has 3 N–H and O–H groups in total. The first kappa shape index (κ1) is 23.1. The van der Waals surface area contributed by atoms with Crippen LogP contribution in [0.25, 0.3) is 0 Å². The van der Waals surface area contributed by atoms with Crippen LogP contribution in [0.15, 0.2) is 48.5 Å². The number of benzene rings is 2. The number of hydrogen-bond acceptors (Lipinski definition) is 8. The maximum absolute atomic E-state index is 13.0. The van der Waals surface area contributed by atoms with E-state index in [0.29, 0.717) is 15.6 Å². The van der Waals surface area contributed by atoms with Gasteiger partial charge in [-0.2, -0.15) is 0 Å². The summed E-state index contributed by atoms with van der Waals surface area (Å²) in [4.78, 5) is 24.9. The van der Waals surface area contributed by atoms with E-state index >= 15 is 0 Å². The summed E-state index contributed by atoms with van der Waals surface area (Å²) in [5.74, 6) is 0.156. The van der Waals surface area contributed by atoms with E-state index < -0.39 is 0 Å². The smallest absolute Gasteiger partial charge is 0.206 e. The number of likely N-dealkylation sites (N-methyl/N-ethyl adjacent to an activating group) is 1. The first-order valence-electron chi connectivity index (χ1n) is 11.4. The van der Waals surface area contributed by atoms with Crippen LogP contribution >= 0.6 is 11.3 Å². The number of nitrogens with two attached hydrogens (primary N) is 1. The SMILES string of the molecule is CCN(CC)c1ccc(C(=O)c2sc(Nc3ccc(N4CCN(C)CC4)cc3)nc2N)cc1. The predicted molar refractivity (Wildman–Crippen MR) is 139 cm³/mol. The number of carbonyl (C=O) groups excluding carboxylic acids is 1. The van der Waals surface area contributed by atoms with E-state index in [1.807, 2.05) is 36.4 Å². The highest BCUT2D eigenvalue weighted by Crippen LogP contribution is 2.31. The van der Waals surface area contributed by atoms with Crippen molar-refractivity contribution in [1.82, 2.24) is 9.88 Å². The lowest BCUT2D eigenvalue weighted by atomic mass is 10.1. The molecule has 3 aromatic rings. The first-order valence-corrected chi connectivity index (χ1v) is 12.3. The standard InChI is InChI=1S/C25H32N6OS/c1-4-30(5-2)20-10-6-18(7-11-20)22(32)23-24(26)28-25(33-23)27-19-8-12-21(13-9-19)31-16-14-29(3)15-17-31/h6-13H,4-5,14-17,26H2,1-3H3,(H,27,28). The molecule has 2 heterocycles. The number of piperazine rings is 1. The van der Waals surface area contributed by atoms with Crippen molar-refractivity contribution in [3.05, 3.63) is 59.0 Å². The van der Waals surface area contributed by atoms with Crippen molar-refractivity contribution < 1.29 is 4.79 Å². The quantitative estimate of drug-likeness (QED) is 0.481. The number of aromatic nitrogens is 1. The summed E-state index contributed by atoms with van der Waals surface area (Å²) in [5, 5.41) is 3.90. The Balaban J connectivity index is 1.43. The van der Waals surface area contributed by atoms with Gasteiger partial charge in [-0.25, -0.2) is 4.98 Å². The summed E-state index contributed by atoms with van der Waals surface area (Å²) in [5.41, 5.74) is 9.97. The third-order valence-electron chi connectivity index (χ3n) is 6.10. The molecule has 1 aliphatic rings. The monoisotopic (exact) mass is 464 g/mol. The van der Waals surface area contributed by atoms with Crippen molar-refractivity contribution in [3.8, 4) is 0 Å². The minimum Gasteiger partial charge on any atom is -0.382 e. The Morgan fingerprint density at radius 3 is 2.27 bits per heavy atom. The number of rotatable bonds is 8. The number of nitrogen functional groups attached to an aromatic ring is 1. The zero-order chi connectivity index (χ0) is 23.4. The largest absolute Gasteiger partial charge is 0.382 e. The number of ketones is 1. The third kappa shape index (κ3) is 5.29. The Kier molecular flexibility index (Phi) is 7.15. The van der Waals surface area contributed by atoms with Crippen LogP contribution in [0.3, 0.4) is 0 Å². The van der Waals surface area contributed by atoms with Crippen LogP contribution in [0.4, 0.5) is 28.0 Å². The van der Waals surface area contributed by atoms with E-state index in [2.05, 4.69) is 58.0 Å². The molecule has 1 aromatic heterocycles. The molecule has 0 bridgehead atoms. The van der Waals surface area contributed by atoms with E-state index in [-0.39, 0.29) is 11.6 Å². The number of thiazole rings is 1. The fourth-order valence-corrected chi connectivity index (χ4v) is 4.90. The van der Waals surface area contributed by atoms with E-state index in [0.717, 1.165) is 50.6 Å². The van der Waals surface area contributed by atoms with Gasteiger partial charge in [0.05, 0.1) is 0 Å². The maximum Gasteiger partial charge on any atom is 0.206 e. The molecule has 0 spiro atoms. The minimum atomic E-state index is -0.102. The Labute approximate surface area is 199 Å². The molecule has 174 valence electrons. The molecule has 0 amide bonds. The Bertz CT molecular complexity index is 1070. The summed E-state index contributed by atoms with van der Waals surface area (Å²) < 4.78 is 0. The number of carbonyl (C=O) groups is 1. The third-order valence-corrected chi connectivity index (χ3v) is 7.09. The molecule has 0 atom stereocenters. The molecule has 7 nitrogen and oxygen atoms in total. The molecule has 0 radical (unpaired) electrons. The van der Waals surface area contributed by atoms with Gasteiger partial charge in [0.1, 0.15) is 10.7 Å². The van der Waals surface area contributed by atoms with Crippen molar-refractivity contribution in [3.63, 3.8) is 0 Å². The van der Waals surface area contributed by atoms with Crippen molar-refractivity contribution in [1.29, 1.82) is 0 Å². The van der Waals surface area contributed by atoms with Gasteiger partial charge in [0, 0.05) is 61.9 Å². The highest BCUT2D eigenvalue weighted by molar-refractivity contribution is 7.18. The number of hydrogen-bond donors (Lipinski definition) is 2. The van der Waals surface area contributed by atoms with Gasteiger partial charge in [-0.1, -0.05) is 11.3 Å². The zero-order valence-electron chi connectivity index (χ0n) is 19.5. The van der Waals surface area contributed by atoms with E-state index in [1.165, 1.54) is 17.0 Å². The van der Waals surface area contributed by atoms with Crippen LogP contribution in [-0.2, 0) is 0 Å². The summed E-state index contributed by atoms with van der Waals surface area (Å²) in [6.45, 7) is 10.3. The fourth-order valence-electron chi connectivity index (χ4n) is 4.04. The van der Waals surface area contributed by atoms with Gasteiger partial charge in [0.15, 0.2) is 5.13 Å². The van der Waals surface area contributed by atoms with Gasteiger partial charge >= 0.3 is 0 Å². The Morgan fingerprint density at radius 2 is 1.67 bits per heavy atom. The summed E-state index contributed by atoms with van der Waals surface area (Å²) >= 11 is 1.29. The molecule has 1 aliphatic heterocycles. The molecular formula is C25H32N6OS. The number of anilines is 5. The van der Waals surface area contributed by atoms with Gasteiger partial charge in [0.25, 0.3) is 0 Å². The van der Waals surface area contributed by atoms with Gasteiger partial charge in [-0.3, -0.25) is 4.79 Å². The van der Waals surface area contributed by atoms with Crippen LogP contribution in [-0.4, -0.2) is 62.0 Å². The van der Waals surface area contributed by atoms with Crippen molar-refractivity contribution in [2.24, 2.45) is 0 Å². The van der Waals surface area contributed by atoms with Crippen LogP contribution in [0.2, 0.25) is 0 Å². The lowest BCUT2D eigenvalue weighted by molar-refractivity contribution is 0.104. The highest BCUT2D eigenvalue weighted by Gasteiger charge is 2.19. The summed E-state index contributed by atoms with van der Waals surface area (Å²) in [7, 11) is 2.16. The molecule has 4 rings (SSSR count). The van der Waals surface area contributed by atoms with Crippen molar-refractivity contribution in [2.75, 3.05) is 67.2 Å². The fraction of sp³-hybridized carbons (Fsp3) is 0.360. The van der Waals surface area contributed by atoms with Gasteiger partial charge < -0.3 is 25.8 Å². The topological polar surface area (TPSA) is 77.7 Å². The molecule has 0 aliphatic carbocycles. The molecule has 0 unspecified atom stereocenters. The average Bonchev–Trinajstić information content (AvgIpc) is 3.20. The Hall–Kier alpha value is -3.10. The van der Waals surface area contributed by atoms with Crippen LogP contribution in [0.5, 0.6) is 0 Å². The van der Waals surface area contributed by atoms with Crippen molar-refractivity contribution in [2.45, 2.75) is 13.8 Å². The van der Waals surface area contributed by atoms with E-state index in [9.17, 15) is 4.79 Å². The second-order valence-electron chi connectivity index (χ2n) is 8.24. The second-order valence-corrected chi connectivity index (χ2v) is 9.24. The molecular weight excluding hydrogens is 432 g/mol. The van der Waals surface area contributed by atoms with E-state index in [4.69, 9.17) is 5.73 Å². The van der Waals surface area contributed by atoms with Crippen LogP contribution in [0, 0.1) is 0 Å². The minimum absolute atomic E-state index is 0.102. The lowest BCUT2D eigenvalue weighted by Gasteiger charge is -2.34. The first-order chi connectivity index (χ1) is 16.0. The molecule has 8 heteroatoms. The van der Waals surface area contributed by atoms with Crippen LogP contribution < -0.4 is 20.9 Å². The Morgan fingerprint density at radius 1 is 1.03 bits per heavy atom. The molecule has 1 fully saturated rings. The van der Waals surface area contributed by atoms with Crippen LogP contribution in [0.1, 0.15) is 29.1 Å². The number of nitrogens with zero attached hydrogens (tertiary/aromatic N) is 4. The maximum atomic E-state index is 13.0. The molecule has 2 aromatic carbocycles. The number of nitrogens with one attached hydrogen (secondary N) is 1. The molecule has 1 saturated heterocycles.